The minimum absolute atomic E-state index is 0.0766. The van der Waals surface area contributed by atoms with Crippen molar-refractivity contribution in [2.24, 2.45) is 0 Å². The smallest absolute Gasteiger partial charge is 0.339 e. The Hall–Kier alpha value is -2.69. The molecule has 2 unspecified atom stereocenters. The molecule has 2 aromatic carbocycles. The van der Waals surface area contributed by atoms with Gasteiger partial charge in [-0.3, -0.25) is 4.79 Å². The van der Waals surface area contributed by atoms with E-state index in [9.17, 15) is 14.0 Å². The Morgan fingerprint density at radius 3 is 2.50 bits per heavy atom. The Bertz CT molecular complexity index is 804. The van der Waals surface area contributed by atoms with Gasteiger partial charge >= 0.3 is 5.97 Å². The number of carbonyl (C=O) groups is 2. The first kappa shape index (κ1) is 19.6. The van der Waals surface area contributed by atoms with Crippen LogP contribution in [0.1, 0.15) is 54.6 Å². The SMILES string of the molecule is CCC(C)c1ccccc1NC(=O)C(C)OC(=O)c1ccc(C)c(F)c1. The second-order valence-electron chi connectivity index (χ2n) is 6.40. The van der Waals surface area contributed by atoms with Crippen molar-refractivity contribution < 1.29 is 18.7 Å². The minimum Gasteiger partial charge on any atom is -0.449 e. The molecule has 0 aromatic heterocycles. The predicted molar refractivity (Wildman–Crippen MR) is 99.8 cm³/mol. The van der Waals surface area contributed by atoms with Gasteiger partial charge in [0.2, 0.25) is 0 Å². The number of esters is 1. The average molecular weight is 357 g/mol. The highest BCUT2D eigenvalue weighted by Crippen LogP contribution is 2.26. The molecule has 0 bridgehead atoms. The summed E-state index contributed by atoms with van der Waals surface area (Å²) in [4.78, 5) is 24.5. The third kappa shape index (κ3) is 4.69. The summed E-state index contributed by atoms with van der Waals surface area (Å²) in [6.07, 6.45) is -0.0620. The zero-order valence-corrected chi connectivity index (χ0v) is 15.5. The van der Waals surface area contributed by atoms with Crippen molar-refractivity contribution in [3.05, 3.63) is 65.0 Å². The monoisotopic (exact) mass is 357 g/mol. The molecule has 0 heterocycles. The van der Waals surface area contributed by atoms with Gasteiger partial charge in [0.05, 0.1) is 5.56 Å². The summed E-state index contributed by atoms with van der Waals surface area (Å²) in [5.74, 6) is -1.36. The summed E-state index contributed by atoms with van der Waals surface area (Å²) >= 11 is 0. The van der Waals surface area contributed by atoms with Crippen LogP contribution in [-0.4, -0.2) is 18.0 Å². The standard InChI is InChI=1S/C21H24FNO3/c1-5-13(2)17-8-6-7-9-19(17)23-20(24)15(4)26-21(25)16-11-10-14(3)18(22)12-16/h6-13,15H,5H2,1-4H3,(H,23,24). The molecule has 1 N–H and O–H groups in total. The van der Waals surface area contributed by atoms with Crippen LogP contribution in [0.25, 0.3) is 0 Å². The van der Waals surface area contributed by atoms with E-state index >= 15 is 0 Å². The molecule has 0 spiro atoms. The van der Waals surface area contributed by atoms with Gasteiger partial charge in [0.25, 0.3) is 5.91 Å². The van der Waals surface area contributed by atoms with Gasteiger partial charge in [0, 0.05) is 5.69 Å². The number of aryl methyl sites for hydroxylation is 1. The topological polar surface area (TPSA) is 55.4 Å². The normalized spacial score (nSPS) is 13.0. The van der Waals surface area contributed by atoms with E-state index in [2.05, 4.69) is 19.2 Å². The molecule has 0 aliphatic carbocycles. The maximum atomic E-state index is 13.6. The molecule has 5 heteroatoms. The van der Waals surface area contributed by atoms with Crippen molar-refractivity contribution in [3.63, 3.8) is 0 Å². The largest absolute Gasteiger partial charge is 0.449 e. The van der Waals surface area contributed by atoms with Crippen LogP contribution in [0.3, 0.4) is 0 Å². The third-order valence-electron chi connectivity index (χ3n) is 4.42. The van der Waals surface area contributed by atoms with Crippen LogP contribution in [0.5, 0.6) is 0 Å². The number of para-hydroxylation sites is 1. The fourth-order valence-electron chi connectivity index (χ4n) is 2.50. The molecule has 138 valence electrons. The Kier molecular flexibility index (Phi) is 6.50. The molecule has 0 saturated heterocycles. The molecular formula is C21H24FNO3. The number of benzene rings is 2. The van der Waals surface area contributed by atoms with Crippen LogP contribution in [0, 0.1) is 12.7 Å². The molecule has 0 saturated carbocycles. The van der Waals surface area contributed by atoms with Gasteiger partial charge in [0.15, 0.2) is 6.10 Å². The quantitative estimate of drug-likeness (QED) is 0.753. The Labute approximate surface area is 153 Å². The summed E-state index contributed by atoms with van der Waals surface area (Å²) in [7, 11) is 0. The Morgan fingerprint density at radius 2 is 1.85 bits per heavy atom. The number of amides is 1. The van der Waals surface area contributed by atoms with Gasteiger partial charge in [-0.25, -0.2) is 9.18 Å². The molecule has 2 atom stereocenters. The maximum Gasteiger partial charge on any atom is 0.339 e. The molecule has 0 fully saturated rings. The Balaban J connectivity index is 2.06. The molecule has 1 amide bonds. The highest BCUT2D eigenvalue weighted by atomic mass is 19.1. The Morgan fingerprint density at radius 1 is 1.15 bits per heavy atom. The van der Waals surface area contributed by atoms with Gasteiger partial charge in [0.1, 0.15) is 5.82 Å². The molecule has 4 nitrogen and oxygen atoms in total. The van der Waals surface area contributed by atoms with Crippen molar-refractivity contribution in [2.75, 3.05) is 5.32 Å². The van der Waals surface area contributed by atoms with Gasteiger partial charge in [-0.2, -0.15) is 0 Å². The van der Waals surface area contributed by atoms with E-state index in [4.69, 9.17) is 4.74 Å². The second kappa shape index (κ2) is 8.61. The number of carbonyl (C=O) groups excluding carboxylic acids is 2. The predicted octanol–water partition coefficient (Wildman–Crippen LogP) is 4.83. The second-order valence-corrected chi connectivity index (χ2v) is 6.40. The zero-order valence-electron chi connectivity index (χ0n) is 15.5. The lowest BCUT2D eigenvalue weighted by molar-refractivity contribution is -0.123. The van der Waals surface area contributed by atoms with Crippen molar-refractivity contribution in [1.82, 2.24) is 0 Å². The van der Waals surface area contributed by atoms with Crippen molar-refractivity contribution in [2.45, 2.75) is 46.1 Å². The third-order valence-corrected chi connectivity index (χ3v) is 4.42. The molecular weight excluding hydrogens is 333 g/mol. The van der Waals surface area contributed by atoms with Crippen molar-refractivity contribution in [1.29, 1.82) is 0 Å². The number of nitrogens with one attached hydrogen (secondary N) is 1. The van der Waals surface area contributed by atoms with E-state index < -0.39 is 23.8 Å². The number of rotatable bonds is 6. The van der Waals surface area contributed by atoms with E-state index in [0.717, 1.165) is 18.1 Å². The fourth-order valence-corrected chi connectivity index (χ4v) is 2.50. The number of halogens is 1. The first-order valence-electron chi connectivity index (χ1n) is 8.70. The summed E-state index contributed by atoms with van der Waals surface area (Å²) in [5, 5.41) is 2.81. The molecule has 0 aliphatic heterocycles. The van der Waals surface area contributed by atoms with Crippen LogP contribution < -0.4 is 5.32 Å². The number of hydrogen-bond acceptors (Lipinski definition) is 3. The summed E-state index contributed by atoms with van der Waals surface area (Å²) in [6.45, 7) is 7.26. The first-order valence-corrected chi connectivity index (χ1v) is 8.70. The highest BCUT2D eigenvalue weighted by Gasteiger charge is 2.21. The number of hydrogen-bond donors (Lipinski definition) is 1. The van der Waals surface area contributed by atoms with Crippen LogP contribution >= 0.6 is 0 Å². The van der Waals surface area contributed by atoms with E-state index in [-0.39, 0.29) is 5.56 Å². The van der Waals surface area contributed by atoms with E-state index in [0.29, 0.717) is 17.2 Å². The van der Waals surface area contributed by atoms with E-state index in [1.54, 1.807) is 6.92 Å². The molecule has 0 radical (unpaired) electrons. The zero-order chi connectivity index (χ0) is 19.3. The van der Waals surface area contributed by atoms with Crippen LogP contribution in [-0.2, 0) is 9.53 Å². The molecule has 2 aromatic rings. The van der Waals surface area contributed by atoms with Gasteiger partial charge < -0.3 is 10.1 Å². The molecule has 26 heavy (non-hydrogen) atoms. The summed E-state index contributed by atoms with van der Waals surface area (Å²) in [5.41, 5.74) is 2.25. The lowest BCUT2D eigenvalue weighted by atomic mass is 9.97. The van der Waals surface area contributed by atoms with Crippen molar-refractivity contribution in [3.8, 4) is 0 Å². The lowest BCUT2D eigenvalue weighted by Crippen LogP contribution is -2.30. The van der Waals surface area contributed by atoms with Gasteiger partial charge in [-0.1, -0.05) is 38.1 Å². The van der Waals surface area contributed by atoms with Crippen molar-refractivity contribution >= 4 is 17.6 Å². The lowest BCUT2D eigenvalue weighted by Gasteiger charge is -2.18. The van der Waals surface area contributed by atoms with Crippen LogP contribution in [0.15, 0.2) is 42.5 Å². The summed E-state index contributed by atoms with van der Waals surface area (Å²) < 4.78 is 18.8. The average Bonchev–Trinajstić information content (AvgIpc) is 2.63. The molecule has 2 rings (SSSR count). The number of anilines is 1. The van der Waals surface area contributed by atoms with Gasteiger partial charge in [-0.05, 0) is 55.5 Å². The minimum atomic E-state index is -1.00. The number of ether oxygens (including phenoxy) is 1. The maximum absolute atomic E-state index is 13.6. The van der Waals surface area contributed by atoms with E-state index in [1.807, 2.05) is 24.3 Å². The molecule has 0 aliphatic rings. The highest BCUT2D eigenvalue weighted by molar-refractivity contribution is 5.97. The first-order chi connectivity index (χ1) is 12.3. The van der Waals surface area contributed by atoms with Crippen LogP contribution in [0.2, 0.25) is 0 Å². The fraction of sp³-hybridized carbons (Fsp3) is 0.333. The van der Waals surface area contributed by atoms with Crippen LogP contribution in [0.4, 0.5) is 10.1 Å². The van der Waals surface area contributed by atoms with Gasteiger partial charge in [-0.15, -0.1) is 0 Å². The van der Waals surface area contributed by atoms with E-state index in [1.165, 1.54) is 19.1 Å². The summed E-state index contributed by atoms with van der Waals surface area (Å²) in [6, 6.07) is 11.6.